The lowest BCUT2D eigenvalue weighted by atomic mass is 10.1. The second-order valence-electron chi connectivity index (χ2n) is 6.92. The molecule has 0 spiro atoms. The summed E-state index contributed by atoms with van der Waals surface area (Å²) in [7, 11) is 4.17. The fourth-order valence-corrected chi connectivity index (χ4v) is 2.87. The molecule has 0 saturated carbocycles. The highest BCUT2D eigenvalue weighted by Crippen LogP contribution is 2.21. The third kappa shape index (κ3) is 7.51. The van der Waals surface area contributed by atoms with Crippen LogP contribution >= 0.6 is 0 Å². The van der Waals surface area contributed by atoms with E-state index in [0.29, 0.717) is 6.04 Å². The predicted molar refractivity (Wildman–Crippen MR) is 114 cm³/mol. The van der Waals surface area contributed by atoms with Crippen molar-refractivity contribution in [1.29, 1.82) is 0 Å². The van der Waals surface area contributed by atoms with Crippen LogP contribution in [0, 0.1) is 0 Å². The van der Waals surface area contributed by atoms with Crippen LogP contribution in [0.5, 0.6) is 0 Å². The monoisotopic (exact) mass is 415 g/mol. The molecular weight excluding hydrogens is 386 g/mol. The van der Waals surface area contributed by atoms with Gasteiger partial charge in [-0.25, -0.2) is 9.97 Å². The number of imidazole rings is 2. The van der Waals surface area contributed by atoms with Crippen LogP contribution in [0.4, 0.5) is 0 Å². The second kappa shape index (κ2) is 12.9. The van der Waals surface area contributed by atoms with E-state index in [0.717, 1.165) is 24.6 Å². The normalized spacial score (nSPS) is 10.1. The topological polar surface area (TPSA) is 113 Å². The van der Waals surface area contributed by atoms with Crippen molar-refractivity contribution in [2.24, 2.45) is 0 Å². The Morgan fingerprint density at radius 1 is 1.07 bits per heavy atom. The van der Waals surface area contributed by atoms with Gasteiger partial charge in [-0.05, 0) is 39.1 Å². The van der Waals surface area contributed by atoms with Crippen molar-refractivity contribution in [2.75, 3.05) is 14.1 Å². The SMILES string of the molecule is CC(C)n1cncc1-c1nccn1Cc1ccc(CN(C)C)cc1.O=CO.O=CO. The van der Waals surface area contributed by atoms with Crippen LogP contribution in [-0.2, 0) is 22.7 Å². The van der Waals surface area contributed by atoms with Gasteiger partial charge in [-0.15, -0.1) is 0 Å². The van der Waals surface area contributed by atoms with Crippen LogP contribution in [0.15, 0.2) is 49.2 Å². The Hall–Kier alpha value is -3.46. The van der Waals surface area contributed by atoms with E-state index in [1.807, 2.05) is 24.9 Å². The molecule has 1 aromatic carbocycles. The Morgan fingerprint density at radius 3 is 2.17 bits per heavy atom. The molecule has 0 radical (unpaired) electrons. The van der Waals surface area contributed by atoms with Gasteiger partial charge in [0.15, 0.2) is 5.82 Å². The summed E-state index contributed by atoms with van der Waals surface area (Å²) in [5, 5.41) is 13.8. The summed E-state index contributed by atoms with van der Waals surface area (Å²) in [4.78, 5) is 27.7. The van der Waals surface area contributed by atoms with Gasteiger partial charge in [-0.1, -0.05) is 24.3 Å². The first-order chi connectivity index (χ1) is 14.4. The molecule has 0 atom stereocenters. The fourth-order valence-electron chi connectivity index (χ4n) is 2.87. The molecule has 2 N–H and O–H groups in total. The molecule has 9 nitrogen and oxygen atoms in total. The molecule has 0 amide bonds. The number of hydrogen-bond donors (Lipinski definition) is 2. The number of carbonyl (C=O) groups is 2. The number of aromatic nitrogens is 4. The minimum absolute atomic E-state index is 0.250. The fraction of sp³-hybridized carbons (Fsp3) is 0.333. The Morgan fingerprint density at radius 2 is 1.63 bits per heavy atom. The van der Waals surface area contributed by atoms with Crippen molar-refractivity contribution >= 4 is 12.9 Å². The molecule has 2 aromatic heterocycles. The second-order valence-corrected chi connectivity index (χ2v) is 6.92. The minimum Gasteiger partial charge on any atom is -0.483 e. The average Bonchev–Trinajstić information content (AvgIpc) is 3.33. The van der Waals surface area contributed by atoms with Gasteiger partial charge in [0.05, 0.1) is 12.5 Å². The highest BCUT2D eigenvalue weighted by atomic mass is 16.3. The minimum atomic E-state index is -0.250. The summed E-state index contributed by atoms with van der Waals surface area (Å²) in [6.07, 6.45) is 7.64. The molecule has 2 heterocycles. The standard InChI is InChI=1S/C19H25N5.2CH2O2/c1-15(2)24-14-20-11-18(24)19-21-9-10-23(19)13-17-7-5-16(6-8-17)12-22(3)4;2*2-1-3/h5-11,14-15H,12-13H2,1-4H3;2*1H,(H,2,3). The van der Waals surface area contributed by atoms with Crippen molar-refractivity contribution in [1.82, 2.24) is 24.0 Å². The molecule has 0 aliphatic rings. The van der Waals surface area contributed by atoms with E-state index in [2.05, 4.69) is 76.2 Å². The number of benzene rings is 1. The van der Waals surface area contributed by atoms with Gasteiger partial charge >= 0.3 is 0 Å². The van der Waals surface area contributed by atoms with Crippen LogP contribution in [0.2, 0.25) is 0 Å². The predicted octanol–water partition coefficient (Wildman–Crippen LogP) is 2.84. The lowest BCUT2D eigenvalue weighted by molar-refractivity contribution is -0.123. The quantitative estimate of drug-likeness (QED) is 0.595. The highest BCUT2D eigenvalue weighted by molar-refractivity contribution is 5.50. The molecule has 0 unspecified atom stereocenters. The smallest absolute Gasteiger partial charge is 0.290 e. The number of carboxylic acid groups (broad SMARTS) is 2. The first-order valence-electron chi connectivity index (χ1n) is 9.29. The van der Waals surface area contributed by atoms with Crippen LogP contribution < -0.4 is 0 Å². The lowest BCUT2D eigenvalue weighted by Gasteiger charge is -2.14. The Kier molecular flexibility index (Phi) is 10.6. The van der Waals surface area contributed by atoms with E-state index in [-0.39, 0.29) is 12.9 Å². The summed E-state index contributed by atoms with van der Waals surface area (Å²) in [5.41, 5.74) is 3.65. The van der Waals surface area contributed by atoms with Crippen LogP contribution in [0.1, 0.15) is 31.0 Å². The zero-order valence-electron chi connectivity index (χ0n) is 17.7. The Balaban J connectivity index is 0.000000672. The number of nitrogens with zero attached hydrogens (tertiary/aromatic N) is 5. The van der Waals surface area contributed by atoms with Gasteiger partial charge in [0.1, 0.15) is 5.69 Å². The van der Waals surface area contributed by atoms with Gasteiger partial charge < -0.3 is 24.2 Å². The molecule has 162 valence electrons. The molecule has 9 heteroatoms. The van der Waals surface area contributed by atoms with E-state index in [9.17, 15) is 0 Å². The van der Waals surface area contributed by atoms with Gasteiger partial charge in [0.25, 0.3) is 12.9 Å². The van der Waals surface area contributed by atoms with Crippen molar-refractivity contribution < 1.29 is 19.8 Å². The van der Waals surface area contributed by atoms with Crippen LogP contribution in [0.3, 0.4) is 0 Å². The summed E-state index contributed by atoms with van der Waals surface area (Å²) in [6, 6.07) is 9.15. The van der Waals surface area contributed by atoms with Gasteiger partial charge in [0.2, 0.25) is 0 Å². The van der Waals surface area contributed by atoms with Crippen LogP contribution in [-0.4, -0.2) is 61.3 Å². The molecule has 0 bridgehead atoms. The summed E-state index contributed by atoms with van der Waals surface area (Å²) >= 11 is 0. The lowest BCUT2D eigenvalue weighted by Crippen LogP contribution is -2.10. The van der Waals surface area contributed by atoms with E-state index in [4.69, 9.17) is 19.8 Å². The largest absolute Gasteiger partial charge is 0.483 e. The molecule has 3 rings (SSSR count). The first-order valence-corrected chi connectivity index (χ1v) is 9.29. The molecular formula is C21H29N5O4. The van der Waals surface area contributed by atoms with Gasteiger partial charge in [0, 0.05) is 31.5 Å². The molecule has 0 saturated heterocycles. The summed E-state index contributed by atoms with van der Waals surface area (Å²) < 4.78 is 4.33. The molecule has 0 aliphatic carbocycles. The average molecular weight is 415 g/mol. The van der Waals surface area contributed by atoms with Crippen molar-refractivity contribution in [3.63, 3.8) is 0 Å². The zero-order chi connectivity index (χ0) is 22.5. The maximum Gasteiger partial charge on any atom is 0.290 e. The molecule has 0 fully saturated rings. The zero-order valence-corrected chi connectivity index (χ0v) is 17.7. The third-order valence-corrected chi connectivity index (χ3v) is 4.04. The van der Waals surface area contributed by atoms with Crippen LogP contribution in [0.25, 0.3) is 11.5 Å². The third-order valence-electron chi connectivity index (χ3n) is 4.04. The molecule has 0 aliphatic heterocycles. The molecule has 30 heavy (non-hydrogen) atoms. The van der Waals surface area contributed by atoms with E-state index < -0.39 is 0 Å². The first kappa shape index (κ1) is 24.6. The Labute approximate surface area is 176 Å². The summed E-state index contributed by atoms with van der Waals surface area (Å²) in [6.45, 7) is 5.58. The van der Waals surface area contributed by atoms with E-state index >= 15 is 0 Å². The summed E-state index contributed by atoms with van der Waals surface area (Å²) in [5.74, 6) is 0.957. The van der Waals surface area contributed by atoms with Crippen molar-refractivity contribution in [3.05, 3.63) is 60.3 Å². The van der Waals surface area contributed by atoms with Crippen molar-refractivity contribution in [3.8, 4) is 11.5 Å². The number of hydrogen-bond acceptors (Lipinski definition) is 5. The van der Waals surface area contributed by atoms with Crippen molar-refractivity contribution in [2.45, 2.75) is 33.0 Å². The number of rotatable bonds is 6. The van der Waals surface area contributed by atoms with Gasteiger partial charge in [-0.2, -0.15) is 0 Å². The highest BCUT2D eigenvalue weighted by Gasteiger charge is 2.13. The maximum absolute atomic E-state index is 8.36. The van der Waals surface area contributed by atoms with Gasteiger partial charge in [-0.3, -0.25) is 9.59 Å². The van der Waals surface area contributed by atoms with E-state index in [1.54, 1.807) is 0 Å². The molecule has 3 aromatic rings. The maximum atomic E-state index is 8.36. The Bertz CT molecular complexity index is 879. The van der Waals surface area contributed by atoms with E-state index in [1.165, 1.54) is 11.1 Å².